The molecule has 0 unspecified atom stereocenters. The number of rotatable bonds is 4. The van der Waals surface area contributed by atoms with Gasteiger partial charge in [0.2, 0.25) is 0 Å². The molecule has 0 fully saturated rings. The summed E-state index contributed by atoms with van der Waals surface area (Å²) in [6.45, 7) is 3.15. The molecule has 5 heteroatoms. The molecule has 0 aliphatic rings. The number of hydrogen-bond acceptors (Lipinski definition) is 2. The van der Waals surface area contributed by atoms with Crippen LogP contribution in [0.5, 0.6) is 0 Å². The fraction of sp³-hybridized carbons (Fsp3) is 0.333. The van der Waals surface area contributed by atoms with E-state index in [1.165, 1.54) is 0 Å². The lowest BCUT2D eigenvalue weighted by atomic mass is 10.2. The third-order valence-electron chi connectivity index (χ3n) is 2.68. The lowest BCUT2D eigenvalue weighted by Crippen LogP contribution is -2.32. The first-order valence-electron chi connectivity index (χ1n) is 5.55. The van der Waals surface area contributed by atoms with Crippen molar-refractivity contribution in [1.82, 2.24) is 14.5 Å². The topological polar surface area (TPSA) is 37.6 Å². The highest BCUT2D eigenvalue weighted by Gasteiger charge is 2.17. The van der Waals surface area contributed by atoms with Crippen LogP contribution < -0.4 is 0 Å². The zero-order chi connectivity index (χ0) is 12.3. The van der Waals surface area contributed by atoms with E-state index in [-0.39, 0.29) is 5.91 Å². The summed E-state index contributed by atoms with van der Waals surface area (Å²) in [7, 11) is 0. The molecule has 0 bridgehead atoms. The molecule has 17 heavy (non-hydrogen) atoms. The maximum Gasteiger partial charge on any atom is 0.257 e. The highest BCUT2D eigenvalue weighted by Crippen LogP contribution is 2.12. The van der Waals surface area contributed by atoms with Crippen molar-refractivity contribution in [3.8, 4) is 0 Å². The van der Waals surface area contributed by atoms with Crippen molar-refractivity contribution in [3.05, 3.63) is 36.2 Å². The Morgan fingerprint density at radius 2 is 2.35 bits per heavy atom. The van der Waals surface area contributed by atoms with E-state index in [0.717, 1.165) is 5.52 Å². The highest BCUT2D eigenvalue weighted by molar-refractivity contribution is 6.18. The number of alkyl halides is 1. The Hall–Kier alpha value is -1.55. The number of hydrogen-bond donors (Lipinski definition) is 0. The summed E-state index contributed by atoms with van der Waals surface area (Å²) >= 11 is 5.68. The van der Waals surface area contributed by atoms with Crippen molar-refractivity contribution in [2.45, 2.75) is 6.92 Å². The summed E-state index contributed by atoms with van der Waals surface area (Å²) in [5.74, 6) is 0.424. The van der Waals surface area contributed by atoms with Crippen LogP contribution in [0.1, 0.15) is 17.3 Å². The number of nitrogens with zero attached hydrogens (tertiary/aromatic N) is 3. The van der Waals surface area contributed by atoms with Crippen LogP contribution in [0.2, 0.25) is 0 Å². The molecular weight excluding hydrogens is 238 g/mol. The van der Waals surface area contributed by atoms with E-state index < -0.39 is 0 Å². The maximum atomic E-state index is 12.3. The van der Waals surface area contributed by atoms with Gasteiger partial charge in [0.25, 0.3) is 5.91 Å². The quantitative estimate of drug-likeness (QED) is 0.780. The van der Waals surface area contributed by atoms with E-state index in [9.17, 15) is 4.79 Å². The first-order chi connectivity index (χ1) is 8.27. The van der Waals surface area contributed by atoms with Gasteiger partial charge in [0, 0.05) is 25.2 Å². The van der Waals surface area contributed by atoms with E-state index in [0.29, 0.717) is 24.5 Å². The molecule has 2 aromatic rings. The second-order valence-electron chi connectivity index (χ2n) is 3.66. The van der Waals surface area contributed by atoms with Gasteiger partial charge < -0.3 is 4.90 Å². The molecule has 0 radical (unpaired) electrons. The molecule has 2 aromatic heterocycles. The van der Waals surface area contributed by atoms with E-state index in [1.807, 2.05) is 31.3 Å². The molecule has 0 spiro atoms. The number of carbonyl (C=O) groups is 1. The molecule has 2 heterocycles. The van der Waals surface area contributed by atoms with Crippen LogP contribution >= 0.6 is 11.6 Å². The average molecular weight is 252 g/mol. The Morgan fingerprint density at radius 3 is 3.06 bits per heavy atom. The van der Waals surface area contributed by atoms with Crippen molar-refractivity contribution in [2.24, 2.45) is 0 Å². The number of halogens is 1. The van der Waals surface area contributed by atoms with Gasteiger partial charge in [-0.25, -0.2) is 4.52 Å². The average Bonchev–Trinajstić information content (AvgIpc) is 2.79. The van der Waals surface area contributed by atoms with Crippen LogP contribution in [0.25, 0.3) is 5.52 Å². The fourth-order valence-electron chi connectivity index (χ4n) is 1.77. The normalized spacial score (nSPS) is 10.7. The predicted octanol–water partition coefficient (Wildman–Crippen LogP) is 2.04. The second-order valence-corrected chi connectivity index (χ2v) is 4.04. The van der Waals surface area contributed by atoms with Gasteiger partial charge in [-0.1, -0.05) is 6.07 Å². The lowest BCUT2D eigenvalue weighted by Gasteiger charge is -2.18. The molecule has 0 saturated heterocycles. The number of pyridine rings is 1. The first-order valence-corrected chi connectivity index (χ1v) is 6.09. The van der Waals surface area contributed by atoms with E-state index in [2.05, 4.69) is 5.10 Å². The number of fused-ring (bicyclic) bond motifs is 1. The summed E-state index contributed by atoms with van der Waals surface area (Å²) in [6, 6.07) is 5.66. The van der Waals surface area contributed by atoms with Crippen LogP contribution in [-0.2, 0) is 0 Å². The molecule has 0 aliphatic heterocycles. The van der Waals surface area contributed by atoms with E-state index in [1.54, 1.807) is 15.6 Å². The van der Waals surface area contributed by atoms with Crippen LogP contribution in [0, 0.1) is 0 Å². The summed E-state index contributed by atoms with van der Waals surface area (Å²) in [6.07, 6.45) is 3.43. The molecule has 0 aromatic carbocycles. The largest absolute Gasteiger partial charge is 0.338 e. The van der Waals surface area contributed by atoms with Crippen LogP contribution in [-0.4, -0.2) is 39.4 Å². The standard InChI is InChI=1S/C12H14ClN3O/c1-2-15(8-6-13)12(17)10-9-14-16-7-4-3-5-11(10)16/h3-5,7,9H,2,6,8H2,1H3. The predicted molar refractivity (Wildman–Crippen MR) is 67.5 cm³/mol. The minimum Gasteiger partial charge on any atom is -0.338 e. The summed E-state index contributed by atoms with van der Waals surface area (Å²) in [5, 5.41) is 4.15. The Balaban J connectivity index is 2.36. The fourth-order valence-corrected chi connectivity index (χ4v) is 1.98. The smallest absolute Gasteiger partial charge is 0.257 e. The molecule has 0 aliphatic carbocycles. The molecule has 0 N–H and O–H groups in total. The second kappa shape index (κ2) is 5.19. The van der Waals surface area contributed by atoms with Gasteiger partial charge in [-0.3, -0.25) is 4.79 Å². The van der Waals surface area contributed by atoms with Crippen molar-refractivity contribution in [1.29, 1.82) is 0 Å². The van der Waals surface area contributed by atoms with Crippen LogP contribution in [0.4, 0.5) is 0 Å². The van der Waals surface area contributed by atoms with Crippen molar-refractivity contribution in [3.63, 3.8) is 0 Å². The van der Waals surface area contributed by atoms with Crippen molar-refractivity contribution >= 4 is 23.0 Å². The Kier molecular flexibility index (Phi) is 3.64. The summed E-state index contributed by atoms with van der Waals surface area (Å²) in [4.78, 5) is 14.0. The zero-order valence-electron chi connectivity index (χ0n) is 9.64. The summed E-state index contributed by atoms with van der Waals surface area (Å²) in [5.41, 5.74) is 1.45. The number of aromatic nitrogens is 2. The van der Waals surface area contributed by atoms with Gasteiger partial charge in [-0.05, 0) is 19.1 Å². The third-order valence-corrected chi connectivity index (χ3v) is 2.85. The first kappa shape index (κ1) is 11.9. The Labute approximate surface area is 105 Å². The highest BCUT2D eigenvalue weighted by atomic mass is 35.5. The van der Waals surface area contributed by atoms with Gasteiger partial charge in [0.05, 0.1) is 17.3 Å². The van der Waals surface area contributed by atoms with Gasteiger partial charge in [0.1, 0.15) is 0 Å². The zero-order valence-corrected chi connectivity index (χ0v) is 10.4. The van der Waals surface area contributed by atoms with Gasteiger partial charge in [0.15, 0.2) is 0 Å². The summed E-state index contributed by atoms with van der Waals surface area (Å²) < 4.78 is 1.70. The molecular formula is C12H14ClN3O. The van der Waals surface area contributed by atoms with Gasteiger partial charge >= 0.3 is 0 Å². The lowest BCUT2D eigenvalue weighted by molar-refractivity contribution is 0.0776. The minimum atomic E-state index is -0.0191. The molecule has 0 atom stereocenters. The van der Waals surface area contributed by atoms with Crippen molar-refractivity contribution in [2.75, 3.05) is 19.0 Å². The van der Waals surface area contributed by atoms with Crippen LogP contribution in [0.15, 0.2) is 30.6 Å². The molecule has 90 valence electrons. The SMILES string of the molecule is CCN(CCCl)C(=O)c1cnn2ccccc12. The molecule has 2 rings (SSSR count). The monoisotopic (exact) mass is 251 g/mol. The molecule has 1 amide bonds. The van der Waals surface area contributed by atoms with Gasteiger partial charge in [-0.15, -0.1) is 11.6 Å². The van der Waals surface area contributed by atoms with Gasteiger partial charge in [-0.2, -0.15) is 5.10 Å². The molecule has 0 saturated carbocycles. The van der Waals surface area contributed by atoms with Crippen LogP contribution in [0.3, 0.4) is 0 Å². The maximum absolute atomic E-state index is 12.3. The van der Waals surface area contributed by atoms with E-state index >= 15 is 0 Å². The Bertz CT molecular complexity index is 523. The Morgan fingerprint density at radius 1 is 1.53 bits per heavy atom. The molecule has 4 nitrogen and oxygen atoms in total. The van der Waals surface area contributed by atoms with Crippen molar-refractivity contribution < 1.29 is 4.79 Å². The third kappa shape index (κ3) is 2.26. The number of amides is 1. The minimum absolute atomic E-state index is 0.0191. The number of carbonyl (C=O) groups excluding carboxylic acids is 1. The van der Waals surface area contributed by atoms with E-state index in [4.69, 9.17) is 11.6 Å².